The van der Waals surface area contributed by atoms with Gasteiger partial charge in [-0.2, -0.15) is 0 Å². The van der Waals surface area contributed by atoms with Crippen LogP contribution in [0.2, 0.25) is 0 Å². The highest BCUT2D eigenvalue weighted by molar-refractivity contribution is 7.13. The van der Waals surface area contributed by atoms with Crippen molar-refractivity contribution in [1.29, 1.82) is 0 Å². The Morgan fingerprint density at radius 2 is 1.93 bits per heavy atom. The number of anilines is 1. The molecule has 0 saturated carbocycles. The number of hydrogen-bond acceptors (Lipinski definition) is 5. The number of halogens is 1. The second-order valence-electron chi connectivity index (χ2n) is 6.98. The third-order valence-corrected chi connectivity index (χ3v) is 5.77. The molecule has 0 aliphatic carbocycles. The van der Waals surface area contributed by atoms with Crippen LogP contribution < -0.4 is 4.90 Å². The molecule has 2 atom stereocenters. The molecule has 5 nitrogen and oxygen atoms in total. The molecular formula is C22H19FN2O3S. The van der Waals surface area contributed by atoms with Gasteiger partial charge in [-0.05, 0) is 56.2 Å². The third-order valence-electron chi connectivity index (χ3n) is 4.88. The largest absolute Gasteiger partial charge is 0.448 e. The molecule has 0 N–H and O–H groups in total. The lowest BCUT2D eigenvalue weighted by molar-refractivity contribution is -0.126. The minimum Gasteiger partial charge on any atom is -0.448 e. The Balaban J connectivity index is 1.46. The molecule has 1 amide bonds. The van der Waals surface area contributed by atoms with Gasteiger partial charge in [0.1, 0.15) is 10.8 Å². The normalized spacial score (nSPS) is 16.4. The monoisotopic (exact) mass is 410 g/mol. The van der Waals surface area contributed by atoms with Gasteiger partial charge >= 0.3 is 5.97 Å². The van der Waals surface area contributed by atoms with E-state index in [4.69, 9.17) is 4.74 Å². The maximum absolute atomic E-state index is 13.1. The van der Waals surface area contributed by atoms with E-state index in [1.54, 1.807) is 29.3 Å². The lowest BCUT2D eigenvalue weighted by Crippen LogP contribution is -2.43. The number of amides is 1. The fourth-order valence-electron chi connectivity index (χ4n) is 3.46. The van der Waals surface area contributed by atoms with Crippen LogP contribution in [0.25, 0.3) is 10.6 Å². The molecule has 4 rings (SSSR count). The van der Waals surface area contributed by atoms with E-state index in [0.29, 0.717) is 10.6 Å². The van der Waals surface area contributed by atoms with E-state index in [1.165, 1.54) is 23.5 Å². The Morgan fingerprint density at radius 1 is 1.21 bits per heavy atom. The fraction of sp³-hybridized carbons (Fsp3) is 0.227. The molecule has 2 aromatic carbocycles. The summed E-state index contributed by atoms with van der Waals surface area (Å²) in [6.45, 7) is 3.54. The average Bonchev–Trinajstić information content (AvgIpc) is 3.32. The van der Waals surface area contributed by atoms with E-state index in [1.807, 2.05) is 31.2 Å². The number of hydrogen-bond donors (Lipinski definition) is 0. The van der Waals surface area contributed by atoms with Crippen LogP contribution in [-0.4, -0.2) is 29.0 Å². The van der Waals surface area contributed by atoms with Gasteiger partial charge in [-0.15, -0.1) is 11.3 Å². The Kier molecular flexibility index (Phi) is 5.15. The summed E-state index contributed by atoms with van der Waals surface area (Å²) < 4.78 is 18.5. The molecule has 0 spiro atoms. The minimum atomic E-state index is -0.938. The molecule has 1 aromatic heterocycles. The van der Waals surface area contributed by atoms with Gasteiger partial charge in [-0.25, -0.2) is 14.2 Å². The fourth-order valence-corrected chi connectivity index (χ4v) is 4.26. The van der Waals surface area contributed by atoms with Crippen molar-refractivity contribution in [2.24, 2.45) is 0 Å². The van der Waals surface area contributed by atoms with E-state index in [0.717, 1.165) is 17.7 Å². The summed E-state index contributed by atoms with van der Waals surface area (Å²) in [5.74, 6) is -1.25. The van der Waals surface area contributed by atoms with Gasteiger partial charge < -0.3 is 9.64 Å². The number of thiazole rings is 1. The highest BCUT2D eigenvalue weighted by Gasteiger charge is 2.34. The van der Waals surface area contributed by atoms with Crippen LogP contribution in [0.15, 0.2) is 53.9 Å². The van der Waals surface area contributed by atoms with Crippen LogP contribution in [0, 0.1) is 5.82 Å². The second kappa shape index (κ2) is 7.75. The highest BCUT2D eigenvalue weighted by atomic mass is 32.1. The molecule has 29 heavy (non-hydrogen) atoms. The van der Waals surface area contributed by atoms with Crippen molar-refractivity contribution < 1.29 is 18.7 Å². The molecule has 0 unspecified atom stereocenters. The van der Waals surface area contributed by atoms with Crippen LogP contribution in [0.4, 0.5) is 10.1 Å². The van der Waals surface area contributed by atoms with Crippen LogP contribution in [0.1, 0.15) is 29.9 Å². The lowest BCUT2D eigenvalue weighted by atomic mass is 10.1. The van der Waals surface area contributed by atoms with E-state index >= 15 is 0 Å². The van der Waals surface area contributed by atoms with Crippen LogP contribution in [-0.2, 0) is 16.0 Å². The third kappa shape index (κ3) is 3.78. The smallest absolute Gasteiger partial charge is 0.358 e. The molecular weight excluding hydrogens is 391 g/mol. The van der Waals surface area contributed by atoms with Crippen LogP contribution >= 0.6 is 11.3 Å². The number of ether oxygens (including phenoxy) is 1. The van der Waals surface area contributed by atoms with Crippen molar-refractivity contribution in [2.75, 3.05) is 4.90 Å². The van der Waals surface area contributed by atoms with Crippen molar-refractivity contribution in [3.05, 3.63) is 71.0 Å². The number of esters is 1. The van der Waals surface area contributed by atoms with Crippen molar-refractivity contribution in [3.63, 3.8) is 0 Å². The van der Waals surface area contributed by atoms with E-state index in [2.05, 4.69) is 4.98 Å². The summed E-state index contributed by atoms with van der Waals surface area (Å²) in [6.07, 6.45) is -0.164. The number of carbonyl (C=O) groups excluding carboxylic acids is 2. The molecule has 7 heteroatoms. The summed E-state index contributed by atoms with van der Waals surface area (Å²) in [5.41, 5.74) is 2.81. The summed E-state index contributed by atoms with van der Waals surface area (Å²) in [7, 11) is 0. The first-order valence-electron chi connectivity index (χ1n) is 9.27. The summed E-state index contributed by atoms with van der Waals surface area (Å²) in [4.78, 5) is 31.4. The van der Waals surface area contributed by atoms with E-state index in [9.17, 15) is 14.0 Å². The van der Waals surface area contributed by atoms with Crippen LogP contribution in [0.5, 0.6) is 0 Å². The molecule has 0 bridgehead atoms. The molecule has 0 fully saturated rings. The SMILES string of the molecule is C[C@H](OC(=O)c1csc(-c2ccc(F)cc2)n1)C(=O)N1c2ccccc2C[C@@H]1C. The number of nitrogens with zero attached hydrogens (tertiary/aromatic N) is 2. The van der Waals surface area contributed by atoms with Gasteiger partial charge in [-0.3, -0.25) is 4.79 Å². The zero-order valence-corrected chi connectivity index (χ0v) is 16.8. The van der Waals surface area contributed by atoms with E-state index < -0.39 is 12.1 Å². The molecule has 1 aliphatic rings. The molecule has 148 valence electrons. The number of benzene rings is 2. The number of fused-ring (bicyclic) bond motifs is 1. The standard InChI is InChI=1S/C22H19FN2O3S/c1-13-11-16-5-3-4-6-19(16)25(13)21(26)14(2)28-22(27)18-12-29-20(24-18)15-7-9-17(23)10-8-15/h3-10,12-14H,11H2,1-2H3/t13-,14-/m0/s1. The van der Waals surface area contributed by atoms with Crippen molar-refractivity contribution in [2.45, 2.75) is 32.4 Å². The van der Waals surface area contributed by atoms with Gasteiger partial charge in [0.2, 0.25) is 0 Å². The Bertz CT molecular complexity index is 1060. The zero-order valence-electron chi connectivity index (χ0n) is 16.0. The Labute approximate surface area is 171 Å². The first-order chi connectivity index (χ1) is 13.9. The van der Waals surface area contributed by atoms with Gasteiger partial charge in [0.25, 0.3) is 5.91 Å². The minimum absolute atomic E-state index is 0.00500. The van der Waals surface area contributed by atoms with Crippen molar-refractivity contribution in [3.8, 4) is 10.6 Å². The number of rotatable bonds is 4. The van der Waals surface area contributed by atoms with Crippen molar-refractivity contribution in [1.82, 2.24) is 4.98 Å². The lowest BCUT2D eigenvalue weighted by Gasteiger charge is -2.25. The molecule has 3 aromatic rings. The number of carbonyl (C=O) groups is 2. The van der Waals surface area contributed by atoms with Gasteiger partial charge in [0.15, 0.2) is 11.8 Å². The zero-order chi connectivity index (χ0) is 20.5. The summed E-state index contributed by atoms with van der Waals surface area (Å²) in [5, 5.41) is 2.16. The van der Waals surface area contributed by atoms with E-state index in [-0.39, 0.29) is 23.5 Å². The molecule has 0 saturated heterocycles. The number of para-hydroxylation sites is 1. The molecule has 0 radical (unpaired) electrons. The second-order valence-corrected chi connectivity index (χ2v) is 7.84. The Hall–Kier alpha value is -3.06. The molecule has 1 aliphatic heterocycles. The maximum Gasteiger partial charge on any atom is 0.358 e. The van der Waals surface area contributed by atoms with Crippen LogP contribution in [0.3, 0.4) is 0 Å². The molecule has 2 heterocycles. The summed E-state index contributed by atoms with van der Waals surface area (Å²) in [6, 6.07) is 13.6. The van der Waals surface area contributed by atoms with Gasteiger partial charge in [0, 0.05) is 22.7 Å². The summed E-state index contributed by atoms with van der Waals surface area (Å²) >= 11 is 1.26. The van der Waals surface area contributed by atoms with Gasteiger partial charge in [0.05, 0.1) is 0 Å². The Morgan fingerprint density at radius 3 is 2.69 bits per heavy atom. The quantitative estimate of drug-likeness (QED) is 0.596. The first kappa shape index (κ1) is 19.3. The predicted octanol–water partition coefficient (Wildman–Crippen LogP) is 4.47. The average molecular weight is 410 g/mol. The van der Waals surface area contributed by atoms with Gasteiger partial charge in [-0.1, -0.05) is 18.2 Å². The number of aromatic nitrogens is 1. The topological polar surface area (TPSA) is 59.5 Å². The highest BCUT2D eigenvalue weighted by Crippen LogP contribution is 2.32. The van der Waals surface area contributed by atoms with Crippen molar-refractivity contribution >= 4 is 28.9 Å². The first-order valence-corrected chi connectivity index (χ1v) is 10.2. The predicted molar refractivity (Wildman–Crippen MR) is 109 cm³/mol. The maximum atomic E-state index is 13.1.